The first-order chi connectivity index (χ1) is 9.02. The van der Waals surface area contributed by atoms with Gasteiger partial charge in [0, 0.05) is 10.0 Å². The zero-order valence-electron chi connectivity index (χ0n) is 10.7. The van der Waals surface area contributed by atoms with Crippen LogP contribution >= 0.6 is 27.5 Å². The topological polar surface area (TPSA) is 29.5 Å². The fourth-order valence-electron chi connectivity index (χ4n) is 1.88. The van der Waals surface area contributed by atoms with Crippen molar-refractivity contribution >= 4 is 27.5 Å². The van der Waals surface area contributed by atoms with Crippen LogP contribution in [0.15, 0.2) is 40.9 Å². The average molecular weight is 342 g/mol. The van der Waals surface area contributed by atoms with Gasteiger partial charge in [0.25, 0.3) is 0 Å². The van der Waals surface area contributed by atoms with Crippen molar-refractivity contribution in [2.75, 3.05) is 7.11 Å². The SMILES string of the molecule is COc1ccc(C(O)c2ccc(C)cc2Br)c(Cl)c1. The molecule has 2 rings (SSSR count). The Bertz CT molecular complexity index is 599. The zero-order valence-corrected chi connectivity index (χ0v) is 13.0. The molecule has 2 aromatic carbocycles. The Balaban J connectivity index is 2.41. The molecule has 0 radical (unpaired) electrons. The molecule has 4 heteroatoms. The first-order valence-electron chi connectivity index (χ1n) is 5.80. The Hall–Kier alpha value is -1.03. The Morgan fingerprint density at radius 2 is 1.84 bits per heavy atom. The molecule has 0 amide bonds. The highest BCUT2D eigenvalue weighted by atomic mass is 79.9. The van der Waals surface area contributed by atoms with E-state index in [1.54, 1.807) is 25.3 Å². The molecule has 2 aromatic rings. The lowest BCUT2D eigenvalue weighted by Crippen LogP contribution is -2.02. The highest BCUT2D eigenvalue weighted by molar-refractivity contribution is 9.10. The number of aryl methyl sites for hydroxylation is 1. The molecule has 2 nitrogen and oxygen atoms in total. The van der Waals surface area contributed by atoms with E-state index >= 15 is 0 Å². The van der Waals surface area contributed by atoms with E-state index in [1.807, 2.05) is 25.1 Å². The molecule has 1 atom stereocenters. The predicted molar refractivity (Wildman–Crippen MR) is 80.9 cm³/mol. The summed E-state index contributed by atoms with van der Waals surface area (Å²) in [4.78, 5) is 0. The quantitative estimate of drug-likeness (QED) is 0.890. The minimum absolute atomic E-state index is 0.485. The molecule has 0 saturated carbocycles. The molecular weight excluding hydrogens is 328 g/mol. The van der Waals surface area contributed by atoms with Crippen molar-refractivity contribution in [2.45, 2.75) is 13.0 Å². The summed E-state index contributed by atoms with van der Waals surface area (Å²) in [6, 6.07) is 11.1. The lowest BCUT2D eigenvalue weighted by atomic mass is 10.0. The number of ether oxygens (including phenoxy) is 1. The lowest BCUT2D eigenvalue weighted by molar-refractivity contribution is 0.219. The molecule has 19 heavy (non-hydrogen) atoms. The molecule has 1 N–H and O–H groups in total. The van der Waals surface area contributed by atoms with Gasteiger partial charge in [-0.05, 0) is 36.2 Å². The van der Waals surface area contributed by atoms with Crippen molar-refractivity contribution in [1.29, 1.82) is 0 Å². The molecule has 0 spiro atoms. The average Bonchev–Trinajstić information content (AvgIpc) is 2.37. The molecule has 0 saturated heterocycles. The van der Waals surface area contributed by atoms with Crippen LogP contribution in [0, 0.1) is 6.92 Å². The fraction of sp³-hybridized carbons (Fsp3) is 0.200. The van der Waals surface area contributed by atoms with Crippen molar-refractivity contribution in [1.82, 2.24) is 0 Å². The van der Waals surface area contributed by atoms with Gasteiger partial charge >= 0.3 is 0 Å². The molecule has 0 aliphatic carbocycles. The van der Waals surface area contributed by atoms with Gasteiger partial charge < -0.3 is 9.84 Å². The Labute approximate surface area is 126 Å². The van der Waals surface area contributed by atoms with Gasteiger partial charge in [0.1, 0.15) is 11.9 Å². The van der Waals surface area contributed by atoms with Gasteiger partial charge in [0.05, 0.1) is 12.1 Å². The van der Waals surface area contributed by atoms with Crippen LogP contribution in [0.25, 0.3) is 0 Å². The maximum atomic E-state index is 10.5. The van der Waals surface area contributed by atoms with Gasteiger partial charge in [-0.3, -0.25) is 0 Å². The van der Waals surface area contributed by atoms with Gasteiger partial charge in [-0.25, -0.2) is 0 Å². The molecule has 0 heterocycles. The lowest BCUT2D eigenvalue weighted by Gasteiger charge is -2.16. The van der Waals surface area contributed by atoms with Crippen LogP contribution in [0.2, 0.25) is 5.02 Å². The number of methoxy groups -OCH3 is 1. The molecule has 0 aliphatic rings. The van der Waals surface area contributed by atoms with Crippen LogP contribution in [0.4, 0.5) is 0 Å². The normalized spacial score (nSPS) is 12.3. The van der Waals surface area contributed by atoms with E-state index in [9.17, 15) is 5.11 Å². The van der Waals surface area contributed by atoms with E-state index in [1.165, 1.54) is 0 Å². The first-order valence-corrected chi connectivity index (χ1v) is 6.97. The molecule has 0 aromatic heterocycles. The Kier molecular flexibility index (Phi) is 4.50. The van der Waals surface area contributed by atoms with Gasteiger partial charge in [-0.2, -0.15) is 0 Å². The van der Waals surface area contributed by atoms with Crippen LogP contribution in [-0.2, 0) is 0 Å². The van der Waals surface area contributed by atoms with Crippen molar-refractivity contribution in [2.24, 2.45) is 0 Å². The summed E-state index contributed by atoms with van der Waals surface area (Å²) in [5, 5.41) is 10.9. The predicted octanol–water partition coefficient (Wildman–Crippen LogP) is 4.50. The number of aliphatic hydroxyl groups excluding tert-OH is 1. The van der Waals surface area contributed by atoms with Crippen molar-refractivity contribution in [3.63, 3.8) is 0 Å². The minimum Gasteiger partial charge on any atom is -0.497 e. The first kappa shape index (κ1) is 14.4. The van der Waals surface area contributed by atoms with Gasteiger partial charge in [-0.1, -0.05) is 45.7 Å². The highest BCUT2D eigenvalue weighted by Gasteiger charge is 2.17. The Morgan fingerprint density at radius 1 is 1.16 bits per heavy atom. The van der Waals surface area contributed by atoms with Gasteiger partial charge in [0.2, 0.25) is 0 Å². The minimum atomic E-state index is -0.770. The van der Waals surface area contributed by atoms with E-state index in [4.69, 9.17) is 16.3 Å². The van der Waals surface area contributed by atoms with E-state index in [2.05, 4.69) is 15.9 Å². The van der Waals surface area contributed by atoms with Gasteiger partial charge in [-0.15, -0.1) is 0 Å². The van der Waals surface area contributed by atoms with Gasteiger partial charge in [0.15, 0.2) is 0 Å². The van der Waals surface area contributed by atoms with E-state index in [0.717, 1.165) is 15.6 Å². The third kappa shape index (κ3) is 3.11. The summed E-state index contributed by atoms with van der Waals surface area (Å²) in [5.74, 6) is 0.670. The van der Waals surface area contributed by atoms with E-state index in [0.29, 0.717) is 16.3 Å². The van der Waals surface area contributed by atoms with Crippen LogP contribution in [0.3, 0.4) is 0 Å². The number of benzene rings is 2. The second kappa shape index (κ2) is 5.95. The largest absolute Gasteiger partial charge is 0.497 e. The number of rotatable bonds is 3. The summed E-state index contributed by atoms with van der Waals surface area (Å²) in [6.45, 7) is 2.00. The van der Waals surface area contributed by atoms with Crippen molar-refractivity contribution < 1.29 is 9.84 Å². The summed E-state index contributed by atoms with van der Waals surface area (Å²) < 4.78 is 5.97. The fourth-order valence-corrected chi connectivity index (χ4v) is 2.86. The summed E-state index contributed by atoms with van der Waals surface area (Å²) >= 11 is 9.65. The monoisotopic (exact) mass is 340 g/mol. The molecule has 0 bridgehead atoms. The second-order valence-electron chi connectivity index (χ2n) is 4.31. The smallest absolute Gasteiger partial charge is 0.120 e. The third-order valence-corrected chi connectivity index (χ3v) is 3.97. The zero-order chi connectivity index (χ0) is 14.0. The second-order valence-corrected chi connectivity index (χ2v) is 5.58. The number of hydrogen-bond donors (Lipinski definition) is 1. The van der Waals surface area contributed by atoms with Crippen molar-refractivity contribution in [3.8, 4) is 5.75 Å². The van der Waals surface area contributed by atoms with Crippen LogP contribution in [0.5, 0.6) is 5.75 Å². The Morgan fingerprint density at radius 3 is 2.42 bits per heavy atom. The number of aliphatic hydroxyl groups is 1. The summed E-state index contributed by atoms with van der Waals surface area (Å²) in [6.07, 6.45) is -0.770. The molecule has 0 fully saturated rings. The standard InChI is InChI=1S/C15H14BrClO2/c1-9-3-5-11(13(16)7-9)15(18)12-6-4-10(19-2)8-14(12)17/h3-8,15,18H,1-2H3. The number of hydrogen-bond acceptors (Lipinski definition) is 2. The summed E-state index contributed by atoms with van der Waals surface area (Å²) in [7, 11) is 1.58. The third-order valence-electron chi connectivity index (χ3n) is 2.95. The number of halogens is 2. The molecular formula is C15H14BrClO2. The maximum absolute atomic E-state index is 10.5. The van der Waals surface area contributed by atoms with Crippen LogP contribution < -0.4 is 4.74 Å². The van der Waals surface area contributed by atoms with E-state index in [-0.39, 0.29) is 0 Å². The maximum Gasteiger partial charge on any atom is 0.120 e. The van der Waals surface area contributed by atoms with Crippen LogP contribution in [-0.4, -0.2) is 12.2 Å². The van der Waals surface area contributed by atoms with Crippen LogP contribution in [0.1, 0.15) is 22.8 Å². The molecule has 100 valence electrons. The molecule has 1 unspecified atom stereocenters. The molecule has 0 aliphatic heterocycles. The highest BCUT2D eigenvalue weighted by Crippen LogP contribution is 2.34. The summed E-state index contributed by atoms with van der Waals surface area (Å²) in [5.41, 5.74) is 2.58. The van der Waals surface area contributed by atoms with Crippen molar-refractivity contribution in [3.05, 3.63) is 62.6 Å². The van der Waals surface area contributed by atoms with E-state index < -0.39 is 6.10 Å².